The van der Waals surface area contributed by atoms with Crippen LogP contribution in [0.15, 0.2) is 47.6 Å². The number of nitrogens with zero attached hydrogens (tertiary/aromatic N) is 3. The molecule has 2 heterocycles. The first kappa shape index (κ1) is 18.1. The number of aromatic nitrogens is 3. The predicted octanol–water partition coefficient (Wildman–Crippen LogP) is 2.61. The lowest BCUT2D eigenvalue weighted by Crippen LogP contribution is -2.31. The molecule has 0 saturated heterocycles. The average molecular weight is 372 g/mol. The summed E-state index contributed by atoms with van der Waals surface area (Å²) in [7, 11) is -4.05. The van der Waals surface area contributed by atoms with Crippen molar-refractivity contribution >= 4 is 26.8 Å². The van der Waals surface area contributed by atoms with Gasteiger partial charge in [-0.15, -0.1) is 0 Å². The first-order valence-electron chi connectivity index (χ1n) is 8.07. The molecule has 0 fully saturated rings. The number of sulfonamides is 1. The minimum Gasteiger partial charge on any atom is -0.268 e. The fourth-order valence-corrected chi connectivity index (χ4v) is 3.75. The number of aryl methyl sites for hydroxylation is 1. The molecule has 0 bridgehead atoms. The van der Waals surface area contributed by atoms with Gasteiger partial charge in [-0.3, -0.25) is 14.5 Å². The summed E-state index contributed by atoms with van der Waals surface area (Å²) in [5.74, 6) is -0.709. The summed E-state index contributed by atoms with van der Waals surface area (Å²) in [5.41, 5.74) is 0.914. The molecule has 0 aliphatic carbocycles. The number of amides is 1. The van der Waals surface area contributed by atoms with Crippen molar-refractivity contribution in [2.24, 2.45) is 0 Å². The predicted molar refractivity (Wildman–Crippen MR) is 98.4 cm³/mol. The van der Waals surface area contributed by atoms with Gasteiger partial charge in [0.05, 0.1) is 27.2 Å². The highest BCUT2D eigenvalue weighted by Gasteiger charge is 2.25. The Morgan fingerprint density at radius 1 is 1.15 bits per heavy atom. The molecule has 0 saturated carbocycles. The van der Waals surface area contributed by atoms with Crippen molar-refractivity contribution in [1.29, 1.82) is 0 Å². The first-order chi connectivity index (χ1) is 12.1. The second-order valence-electron chi connectivity index (χ2n) is 7.00. The smallest absolute Gasteiger partial charge is 0.268 e. The van der Waals surface area contributed by atoms with E-state index in [1.165, 1.54) is 6.07 Å². The summed E-state index contributed by atoms with van der Waals surface area (Å²) >= 11 is 0. The maximum Gasteiger partial charge on any atom is 0.268 e. The Balaban J connectivity index is 1.97. The van der Waals surface area contributed by atoms with E-state index in [2.05, 4.69) is 14.8 Å². The Morgan fingerprint density at radius 3 is 2.54 bits per heavy atom. The Kier molecular flexibility index (Phi) is 4.31. The van der Waals surface area contributed by atoms with E-state index in [0.29, 0.717) is 16.6 Å². The molecule has 0 atom stereocenters. The standard InChI is InChI=1S/C18H20N4O3S/c1-12-14(11-22(20-12)18(2,3)4)17(23)21-26(24,25)16-9-5-8-15-13(16)7-6-10-19-15/h5-11H,1-4H3,(H,21,23). The summed E-state index contributed by atoms with van der Waals surface area (Å²) in [6.45, 7) is 7.51. The molecule has 2 aromatic heterocycles. The van der Waals surface area contributed by atoms with Crippen molar-refractivity contribution < 1.29 is 13.2 Å². The molecular formula is C18H20N4O3S. The zero-order valence-corrected chi connectivity index (χ0v) is 15.8. The Bertz CT molecular complexity index is 1090. The van der Waals surface area contributed by atoms with E-state index < -0.39 is 15.9 Å². The number of carbonyl (C=O) groups excluding carboxylic acids is 1. The summed E-state index contributed by atoms with van der Waals surface area (Å²) in [6, 6.07) is 8.07. The average Bonchev–Trinajstić information content (AvgIpc) is 2.96. The van der Waals surface area contributed by atoms with Crippen molar-refractivity contribution in [3.63, 3.8) is 0 Å². The van der Waals surface area contributed by atoms with E-state index in [4.69, 9.17) is 0 Å². The van der Waals surface area contributed by atoms with Crippen molar-refractivity contribution in [1.82, 2.24) is 19.5 Å². The van der Waals surface area contributed by atoms with Gasteiger partial charge in [0, 0.05) is 17.8 Å². The Hall–Kier alpha value is -2.74. The third-order valence-corrected chi connectivity index (χ3v) is 5.34. The van der Waals surface area contributed by atoms with E-state index in [1.807, 2.05) is 20.8 Å². The number of benzene rings is 1. The topological polar surface area (TPSA) is 94.0 Å². The van der Waals surface area contributed by atoms with Crippen molar-refractivity contribution in [2.75, 3.05) is 0 Å². The van der Waals surface area contributed by atoms with E-state index in [0.717, 1.165) is 0 Å². The zero-order chi connectivity index (χ0) is 19.1. The monoisotopic (exact) mass is 372 g/mol. The van der Waals surface area contributed by atoms with Gasteiger partial charge in [-0.1, -0.05) is 6.07 Å². The van der Waals surface area contributed by atoms with E-state index >= 15 is 0 Å². The second-order valence-corrected chi connectivity index (χ2v) is 8.66. The molecule has 3 rings (SSSR count). The molecule has 0 unspecified atom stereocenters. The zero-order valence-electron chi connectivity index (χ0n) is 15.0. The summed E-state index contributed by atoms with van der Waals surface area (Å²) in [5, 5.41) is 4.76. The molecule has 26 heavy (non-hydrogen) atoms. The fourth-order valence-electron chi connectivity index (χ4n) is 2.57. The van der Waals surface area contributed by atoms with Crippen molar-refractivity contribution in [2.45, 2.75) is 38.1 Å². The molecule has 0 aliphatic rings. The van der Waals surface area contributed by atoms with Crippen LogP contribution in [0.4, 0.5) is 0 Å². The van der Waals surface area contributed by atoms with Gasteiger partial charge in [-0.05, 0) is 52.0 Å². The summed E-state index contributed by atoms with van der Waals surface area (Å²) < 4.78 is 29.3. The molecule has 3 aromatic rings. The van der Waals surface area contributed by atoms with Crippen LogP contribution in [-0.2, 0) is 15.6 Å². The molecule has 8 heteroatoms. The number of hydrogen-bond donors (Lipinski definition) is 1. The lowest BCUT2D eigenvalue weighted by molar-refractivity contribution is 0.0980. The van der Waals surface area contributed by atoms with Gasteiger partial charge >= 0.3 is 0 Å². The number of rotatable bonds is 3. The van der Waals surface area contributed by atoms with Crippen LogP contribution in [0, 0.1) is 6.92 Å². The van der Waals surface area contributed by atoms with Crippen LogP contribution >= 0.6 is 0 Å². The summed E-state index contributed by atoms with van der Waals surface area (Å²) in [6.07, 6.45) is 3.15. The van der Waals surface area contributed by atoms with E-state index in [-0.39, 0.29) is 16.0 Å². The molecule has 1 aromatic carbocycles. The molecule has 1 N–H and O–H groups in total. The van der Waals surface area contributed by atoms with E-state index in [9.17, 15) is 13.2 Å². The first-order valence-corrected chi connectivity index (χ1v) is 9.55. The highest BCUT2D eigenvalue weighted by Crippen LogP contribution is 2.22. The van der Waals surface area contributed by atoms with Crippen molar-refractivity contribution in [3.8, 4) is 0 Å². The van der Waals surface area contributed by atoms with Crippen LogP contribution in [0.3, 0.4) is 0 Å². The van der Waals surface area contributed by atoms with Crippen LogP contribution in [0.5, 0.6) is 0 Å². The molecule has 136 valence electrons. The van der Waals surface area contributed by atoms with Gasteiger partial charge in [0.25, 0.3) is 15.9 Å². The van der Waals surface area contributed by atoms with E-state index in [1.54, 1.807) is 48.3 Å². The molecule has 0 aliphatic heterocycles. The maximum absolute atomic E-state index is 12.8. The van der Waals surface area contributed by atoms with Gasteiger partial charge in [-0.25, -0.2) is 13.1 Å². The van der Waals surface area contributed by atoms with Crippen LogP contribution in [-0.4, -0.2) is 29.1 Å². The summed E-state index contributed by atoms with van der Waals surface area (Å²) in [4.78, 5) is 16.7. The minimum atomic E-state index is -4.05. The molecule has 0 spiro atoms. The van der Waals surface area contributed by atoms with Gasteiger partial charge < -0.3 is 0 Å². The maximum atomic E-state index is 12.8. The van der Waals surface area contributed by atoms with Crippen LogP contribution in [0.2, 0.25) is 0 Å². The lowest BCUT2D eigenvalue weighted by atomic mass is 10.1. The quantitative estimate of drug-likeness (QED) is 0.763. The molecule has 7 nitrogen and oxygen atoms in total. The SMILES string of the molecule is Cc1nn(C(C)(C)C)cc1C(=O)NS(=O)(=O)c1cccc2ncccc12. The number of carbonyl (C=O) groups is 1. The molecular weight excluding hydrogens is 352 g/mol. The highest BCUT2D eigenvalue weighted by atomic mass is 32.2. The molecule has 1 amide bonds. The van der Waals surface area contributed by atoms with Crippen LogP contribution in [0.25, 0.3) is 10.9 Å². The fraction of sp³-hybridized carbons (Fsp3) is 0.278. The minimum absolute atomic E-state index is 0.0114. The normalized spacial score (nSPS) is 12.3. The second kappa shape index (κ2) is 6.21. The number of nitrogens with one attached hydrogen (secondary N) is 1. The van der Waals surface area contributed by atoms with Gasteiger partial charge in [-0.2, -0.15) is 5.10 Å². The third-order valence-electron chi connectivity index (χ3n) is 3.95. The van der Waals surface area contributed by atoms with Gasteiger partial charge in [0.15, 0.2) is 0 Å². The Labute approximate surface area is 152 Å². The lowest BCUT2D eigenvalue weighted by Gasteiger charge is -2.18. The van der Waals surface area contributed by atoms with Crippen molar-refractivity contribution in [3.05, 3.63) is 54.0 Å². The number of pyridine rings is 1. The largest absolute Gasteiger partial charge is 0.268 e. The van der Waals surface area contributed by atoms with Crippen LogP contribution in [0.1, 0.15) is 36.8 Å². The molecule has 0 radical (unpaired) electrons. The van der Waals surface area contributed by atoms with Gasteiger partial charge in [0.1, 0.15) is 0 Å². The Morgan fingerprint density at radius 2 is 1.88 bits per heavy atom. The number of fused-ring (bicyclic) bond motifs is 1. The third kappa shape index (κ3) is 3.32. The van der Waals surface area contributed by atoms with Gasteiger partial charge in [0.2, 0.25) is 0 Å². The van der Waals surface area contributed by atoms with Crippen LogP contribution < -0.4 is 4.72 Å². The number of hydrogen-bond acceptors (Lipinski definition) is 5. The highest BCUT2D eigenvalue weighted by molar-refractivity contribution is 7.90.